The lowest BCUT2D eigenvalue weighted by atomic mass is 9.86. The van der Waals surface area contributed by atoms with Gasteiger partial charge in [0, 0.05) is 49.1 Å². The molecule has 6 nitrogen and oxygen atoms in total. The number of aliphatic imine (C=N–C) groups is 1. The molecule has 0 atom stereocenters. The topological polar surface area (TPSA) is 74.7 Å². The van der Waals surface area contributed by atoms with E-state index < -0.39 is 0 Å². The molecule has 0 unspecified atom stereocenters. The highest BCUT2D eigenvalue weighted by atomic mass is 32.1. The maximum atomic E-state index is 12.8. The zero-order valence-electron chi connectivity index (χ0n) is 18.8. The van der Waals surface area contributed by atoms with E-state index in [4.69, 9.17) is 0 Å². The highest BCUT2D eigenvalue weighted by Gasteiger charge is 2.27. The maximum absolute atomic E-state index is 12.8. The molecule has 2 aliphatic rings. The van der Waals surface area contributed by atoms with Crippen molar-refractivity contribution in [3.63, 3.8) is 0 Å². The molecular formula is C25H32N4O2S. The van der Waals surface area contributed by atoms with Crippen molar-refractivity contribution in [2.45, 2.75) is 64.3 Å². The summed E-state index contributed by atoms with van der Waals surface area (Å²) >= 11 is 1.59. The van der Waals surface area contributed by atoms with Crippen LogP contribution >= 0.6 is 11.3 Å². The fraction of sp³-hybridized carbons (Fsp3) is 0.520. The van der Waals surface area contributed by atoms with Gasteiger partial charge in [-0.2, -0.15) is 0 Å². The molecule has 32 heavy (non-hydrogen) atoms. The summed E-state index contributed by atoms with van der Waals surface area (Å²) in [6, 6.07) is 3.77. The Morgan fingerprint density at radius 3 is 2.78 bits per heavy atom. The molecule has 0 spiro atoms. The van der Waals surface area contributed by atoms with Crippen molar-refractivity contribution in [1.82, 2.24) is 9.88 Å². The number of amides is 2. The smallest absolute Gasteiger partial charge is 0.227 e. The lowest BCUT2D eigenvalue weighted by Crippen LogP contribution is -2.36. The number of nitrogens with one attached hydrogen (secondary N) is 1. The average Bonchev–Trinajstić information content (AvgIpc) is 3.15. The molecule has 1 aliphatic heterocycles. The molecule has 0 saturated heterocycles. The third kappa shape index (κ3) is 5.63. The van der Waals surface area contributed by atoms with Gasteiger partial charge in [-0.1, -0.05) is 32.1 Å². The maximum Gasteiger partial charge on any atom is 0.227 e. The van der Waals surface area contributed by atoms with Gasteiger partial charge in [0.25, 0.3) is 0 Å². The van der Waals surface area contributed by atoms with E-state index in [1.165, 1.54) is 37.7 Å². The molecule has 1 fully saturated rings. The number of hydrogen-bond acceptors (Lipinski definition) is 5. The summed E-state index contributed by atoms with van der Waals surface area (Å²) in [5, 5.41) is 4.03. The lowest BCUT2D eigenvalue weighted by Gasteiger charge is -2.27. The van der Waals surface area contributed by atoms with Crippen LogP contribution in [-0.2, 0) is 29.0 Å². The van der Waals surface area contributed by atoms with Crippen LogP contribution < -0.4 is 5.32 Å². The first-order valence-electron chi connectivity index (χ1n) is 11.7. The summed E-state index contributed by atoms with van der Waals surface area (Å²) < 4.78 is 0. The Kier molecular flexibility index (Phi) is 7.68. The van der Waals surface area contributed by atoms with Crippen LogP contribution in [0.4, 0.5) is 5.00 Å². The number of carbonyl (C=O) groups excluding carboxylic acids is 2. The zero-order chi connectivity index (χ0) is 22.3. The molecular weight excluding hydrogens is 420 g/mol. The van der Waals surface area contributed by atoms with Crippen LogP contribution in [0.25, 0.3) is 0 Å². The Labute approximate surface area is 194 Å². The molecule has 2 aromatic heterocycles. The minimum absolute atomic E-state index is 0.0885. The third-order valence-electron chi connectivity index (χ3n) is 6.57. The first-order chi connectivity index (χ1) is 15.6. The predicted molar refractivity (Wildman–Crippen MR) is 129 cm³/mol. The second-order valence-electron chi connectivity index (χ2n) is 8.82. The number of hydrogen-bond donors (Lipinski definition) is 1. The van der Waals surface area contributed by atoms with Crippen molar-refractivity contribution in [1.29, 1.82) is 0 Å². The van der Waals surface area contributed by atoms with Crippen LogP contribution in [0.3, 0.4) is 0 Å². The number of fused-ring (bicyclic) bond motifs is 1. The van der Waals surface area contributed by atoms with E-state index in [1.54, 1.807) is 30.8 Å². The highest BCUT2D eigenvalue weighted by Crippen LogP contribution is 2.37. The summed E-state index contributed by atoms with van der Waals surface area (Å²) in [5.74, 6) is 0.909. The Morgan fingerprint density at radius 2 is 2.03 bits per heavy atom. The van der Waals surface area contributed by atoms with E-state index in [0.29, 0.717) is 31.8 Å². The second-order valence-corrected chi connectivity index (χ2v) is 9.93. The molecule has 1 N–H and O–H groups in total. The first-order valence-corrected chi connectivity index (χ1v) is 12.5. The Bertz CT molecular complexity index is 964. The minimum atomic E-state index is 0.0885. The van der Waals surface area contributed by atoms with Crippen molar-refractivity contribution in [2.24, 2.45) is 10.9 Å². The van der Waals surface area contributed by atoms with Crippen LogP contribution in [0.5, 0.6) is 0 Å². The van der Waals surface area contributed by atoms with Gasteiger partial charge in [0.2, 0.25) is 11.8 Å². The van der Waals surface area contributed by atoms with Gasteiger partial charge in [-0.15, -0.1) is 11.3 Å². The minimum Gasteiger partial charge on any atom is -0.337 e. The van der Waals surface area contributed by atoms with Crippen molar-refractivity contribution >= 4 is 34.4 Å². The van der Waals surface area contributed by atoms with Gasteiger partial charge in [0.15, 0.2) is 0 Å². The zero-order valence-corrected chi connectivity index (χ0v) is 19.6. The Balaban J connectivity index is 1.40. The Hall–Kier alpha value is -2.54. The number of rotatable bonds is 7. The standard InChI is InChI=1S/C25H32N4O2S/c1-26-16-21-20-11-14-29(24(31)15-19-9-12-27-13-10-19)17-22(20)32-25(21)28-23(30)8-7-18-5-3-2-4-6-18/h9-10,12-13,16,18H,2-8,11,14-15,17H2,1H3,(H,28,30). The number of aromatic nitrogens is 1. The number of carbonyl (C=O) groups is 2. The molecule has 0 bridgehead atoms. The van der Waals surface area contributed by atoms with Crippen LogP contribution in [-0.4, -0.2) is 41.5 Å². The molecule has 0 radical (unpaired) electrons. The normalized spacial score (nSPS) is 16.8. The molecule has 3 heterocycles. The average molecular weight is 453 g/mol. The summed E-state index contributed by atoms with van der Waals surface area (Å²) in [7, 11) is 1.76. The van der Waals surface area contributed by atoms with Crippen LogP contribution in [0.2, 0.25) is 0 Å². The highest BCUT2D eigenvalue weighted by molar-refractivity contribution is 7.16. The van der Waals surface area contributed by atoms with Gasteiger partial charge < -0.3 is 10.2 Å². The predicted octanol–water partition coefficient (Wildman–Crippen LogP) is 4.62. The fourth-order valence-corrected chi connectivity index (χ4v) is 6.04. The van der Waals surface area contributed by atoms with Gasteiger partial charge in [-0.05, 0) is 42.0 Å². The largest absolute Gasteiger partial charge is 0.337 e. The van der Waals surface area contributed by atoms with Crippen molar-refractivity contribution < 1.29 is 9.59 Å². The fourth-order valence-electron chi connectivity index (χ4n) is 4.79. The number of anilines is 1. The van der Waals surface area contributed by atoms with E-state index in [-0.39, 0.29) is 11.8 Å². The number of nitrogens with zero attached hydrogens (tertiary/aromatic N) is 3. The molecule has 2 aromatic rings. The molecule has 2 amide bonds. The Morgan fingerprint density at radius 1 is 1.25 bits per heavy atom. The van der Waals surface area contributed by atoms with Crippen LogP contribution in [0.1, 0.15) is 66.5 Å². The molecule has 4 rings (SSSR count). The third-order valence-corrected chi connectivity index (χ3v) is 7.72. The van der Waals surface area contributed by atoms with E-state index in [2.05, 4.69) is 15.3 Å². The summed E-state index contributed by atoms with van der Waals surface area (Å²) in [5.41, 5.74) is 3.21. The van der Waals surface area contributed by atoms with Gasteiger partial charge in [0.1, 0.15) is 5.00 Å². The van der Waals surface area contributed by atoms with Crippen LogP contribution in [0, 0.1) is 5.92 Å². The van der Waals surface area contributed by atoms with Crippen molar-refractivity contribution in [3.05, 3.63) is 46.1 Å². The van der Waals surface area contributed by atoms with E-state index in [1.807, 2.05) is 23.2 Å². The van der Waals surface area contributed by atoms with Gasteiger partial charge >= 0.3 is 0 Å². The number of thiophene rings is 1. The van der Waals surface area contributed by atoms with Gasteiger partial charge in [0.05, 0.1) is 13.0 Å². The quantitative estimate of drug-likeness (QED) is 0.623. The first kappa shape index (κ1) is 22.6. The molecule has 0 aromatic carbocycles. The molecule has 7 heteroatoms. The van der Waals surface area contributed by atoms with E-state index in [0.717, 1.165) is 33.8 Å². The van der Waals surface area contributed by atoms with Crippen molar-refractivity contribution in [3.8, 4) is 0 Å². The lowest BCUT2D eigenvalue weighted by molar-refractivity contribution is -0.131. The molecule has 1 saturated carbocycles. The second kappa shape index (κ2) is 10.9. The van der Waals surface area contributed by atoms with Crippen LogP contribution in [0.15, 0.2) is 29.5 Å². The van der Waals surface area contributed by atoms with E-state index in [9.17, 15) is 9.59 Å². The van der Waals surface area contributed by atoms with Crippen molar-refractivity contribution in [2.75, 3.05) is 18.9 Å². The summed E-state index contributed by atoms with van der Waals surface area (Å²) in [6.07, 6.45) is 14.5. The number of pyridine rings is 1. The molecule has 170 valence electrons. The van der Waals surface area contributed by atoms with Gasteiger partial charge in [-0.25, -0.2) is 0 Å². The monoisotopic (exact) mass is 452 g/mol. The SMILES string of the molecule is CN=Cc1c(NC(=O)CCC2CCCCC2)sc2c1CCN(C(=O)Cc1ccncc1)C2. The summed E-state index contributed by atoms with van der Waals surface area (Å²) in [6.45, 7) is 1.28. The molecule has 1 aliphatic carbocycles. The van der Waals surface area contributed by atoms with E-state index >= 15 is 0 Å². The van der Waals surface area contributed by atoms with Gasteiger partial charge in [-0.3, -0.25) is 19.6 Å². The summed E-state index contributed by atoms with van der Waals surface area (Å²) in [4.78, 5) is 36.8.